The smallest absolute Gasteiger partial charge is 0.228 e. The van der Waals surface area contributed by atoms with Gasteiger partial charge in [0.2, 0.25) is 11.8 Å². The molecule has 0 heterocycles. The first-order valence-corrected chi connectivity index (χ1v) is 10.0. The monoisotopic (exact) mass is 334 g/mol. The van der Waals surface area contributed by atoms with Crippen LogP contribution in [-0.2, 0) is 9.59 Å². The zero-order chi connectivity index (χ0) is 17.5. The highest BCUT2D eigenvalue weighted by Gasteiger charge is 2.63. The van der Waals surface area contributed by atoms with Crippen molar-refractivity contribution >= 4 is 11.8 Å². The van der Waals surface area contributed by atoms with Crippen LogP contribution in [0.25, 0.3) is 0 Å². The molecule has 24 heavy (non-hydrogen) atoms. The molecule has 0 radical (unpaired) electrons. The van der Waals surface area contributed by atoms with Crippen molar-refractivity contribution in [1.29, 1.82) is 0 Å². The largest absolute Gasteiger partial charge is 0.343 e. The number of carbonyl (C=O) groups is 2. The highest BCUT2D eigenvalue weighted by atomic mass is 16.2. The van der Waals surface area contributed by atoms with Crippen LogP contribution in [0.1, 0.15) is 66.2 Å². The molecule has 0 saturated heterocycles. The minimum absolute atomic E-state index is 0.251. The molecule has 0 aromatic rings. The third-order valence-electron chi connectivity index (χ3n) is 7.07. The van der Waals surface area contributed by atoms with Gasteiger partial charge >= 0.3 is 0 Å². The van der Waals surface area contributed by atoms with Gasteiger partial charge in [0.15, 0.2) is 0 Å². The number of hydrogen-bond donors (Lipinski definition) is 0. The normalized spacial score (nSPS) is 36.7. The van der Waals surface area contributed by atoms with E-state index in [1.807, 2.05) is 9.80 Å². The molecule has 4 aliphatic carbocycles. The van der Waals surface area contributed by atoms with Gasteiger partial charge in [0.1, 0.15) is 0 Å². The van der Waals surface area contributed by atoms with E-state index in [-0.39, 0.29) is 10.8 Å². The molecule has 0 atom stereocenters. The van der Waals surface area contributed by atoms with E-state index in [1.54, 1.807) is 0 Å². The number of hydrogen-bond acceptors (Lipinski definition) is 2. The molecule has 2 amide bonds. The van der Waals surface area contributed by atoms with Crippen molar-refractivity contribution in [2.45, 2.75) is 66.2 Å². The van der Waals surface area contributed by atoms with Crippen molar-refractivity contribution in [2.75, 3.05) is 26.2 Å². The lowest BCUT2D eigenvalue weighted by molar-refractivity contribution is -0.179. The Kier molecular flexibility index (Phi) is 4.69. The average molecular weight is 335 g/mol. The second-order valence-electron chi connectivity index (χ2n) is 8.48. The van der Waals surface area contributed by atoms with Gasteiger partial charge < -0.3 is 9.80 Å². The maximum atomic E-state index is 13.3. The number of rotatable bonds is 6. The fourth-order valence-corrected chi connectivity index (χ4v) is 6.46. The second kappa shape index (κ2) is 6.34. The van der Waals surface area contributed by atoms with Gasteiger partial charge in [-0.1, -0.05) is 0 Å². The van der Waals surface area contributed by atoms with Crippen molar-refractivity contribution in [3.8, 4) is 0 Å². The number of amides is 2. The summed E-state index contributed by atoms with van der Waals surface area (Å²) in [4.78, 5) is 30.7. The molecule has 4 nitrogen and oxygen atoms in total. The molecule has 0 N–H and O–H groups in total. The van der Waals surface area contributed by atoms with Crippen LogP contribution in [0.3, 0.4) is 0 Å². The predicted molar refractivity (Wildman–Crippen MR) is 95.4 cm³/mol. The predicted octanol–water partition coefficient (Wildman–Crippen LogP) is 3.31. The van der Waals surface area contributed by atoms with E-state index in [4.69, 9.17) is 0 Å². The van der Waals surface area contributed by atoms with Crippen LogP contribution in [0.5, 0.6) is 0 Å². The molecule has 0 spiro atoms. The Balaban J connectivity index is 1.92. The van der Waals surface area contributed by atoms with E-state index in [0.717, 1.165) is 58.3 Å². The molecule has 4 bridgehead atoms. The fourth-order valence-electron chi connectivity index (χ4n) is 6.46. The minimum atomic E-state index is -0.251. The molecule has 136 valence electrons. The van der Waals surface area contributed by atoms with Crippen LogP contribution in [0.2, 0.25) is 0 Å². The van der Waals surface area contributed by atoms with Gasteiger partial charge in [-0.25, -0.2) is 0 Å². The summed E-state index contributed by atoms with van der Waals surface area (Å²) in [5.74, 6) is 1.81. The number of nitrogens with zero attached hydrogens (tertiary/aromatic N) is 2. The van der Waals surface area contributed by atoms with Crippen LogP contribution < -0.4 is 0 Å². The van der Waals surface area contributed by atoms with Gasteiger partial charge in [0.05, 0.1) is 10.8 Å². The first kappa shape index (κ1) is 17.8. The molecule has 4 heteroatoms. The Morgan fingerprint density at radius 3 is 1.38 bits per heavy atom. The van der Waals surface area contributed by atoms with E-state index in [0.29, 0.717) is 23.7 Å². The highest BCUT2D eigenvalue weighted by Crippen LogP contribution is 2.66. The summed E-state index contributed by atoms with van der Waals surface area (Å²) in [5, 5.41) is 0. The summed E-state index contributed by atoms with van der Waals surface area (Å²) in [6.07, 6.45) is 6.12. The molecular formula is C20H34N2O2. The number of carbonyl (C=O) groups excluding carboxylic acids is 2. The molecule has 0 unspecified atom stereocenters. The van der Waals surface area contributed by atoms with Gasteiger partial charge in [0, 0.05) is 26.2 Å². The Labute approximate surface area is 146 Å². The van der Waals surface area contributed by atoms with Gasteiger partial charge in [-0.2, -0.15) is 0 Å². The van der Waals surface area contributed by atoms with Gasteiger partial charge in [0.25, 0.3) is 0 Å². The van der Waals surface area contributed by atoms with Crippen molar-refractivity contribution < 1.29 is 9.59 Å². The summed E-state index contributed by atoms with van der Waals surface area (Å²) in [6.45, 7) is 11.4. The quantitative estimate of drug-likeness (QED) is 0.748. The van der Waals surface area contributed by atoms with Gasteiger partial charge in [-0.15, -0.1) is 0 Å². The minimum Gasteiger partial charge on any atom is -0.343 e. The summed E-state index contributed by atoms with van der Waals surface area (Å²) < 4.78 is 0. The summed E-state index contributed by atoms with van der Waals surface area (Å²) in [5.41, 5.74) is -0.502. The lowest BCUT2D eigenvalue weighted by atomic mass is 9.43. The van der Waals surface area contributed by atoms with Gasteiger partial charge in [-0.3, -0.25) is 9.59 Å². The van der Waals surface area contributed by atoms with Crippen LogP contribution in [-0.4, -0.2) is 47.8 Å². The summed E-state index contributed by atoms with van der Waals surface area (Å²) in [7, 11) is 0. The molecule has 4 aliphatic rings. The molecule has 0 aromatic heterocycles. The molecule has 0 aromatic carbocycles. The van der Waals surface area contributed by atoms with Crippen LogP contribution in [0, 0.1) is 22.7 Å². The van der Waals surface area contributed by atoms with Crippen molar-refractivity contribution in [3.63, 3.8) is 0 Å². The molecule has 4 saturated carbocycles. The van der Waals surface area contributed by atoms with E-state index < -0.39 is 0 Å². The lowest BCUT2D eigenvalue weighted by Gasteiger charge is -2.61. The zero-order valence-electron chi connectivity index (χ0n) is 15.9. The Morgan fingerprint density at radius 2 is 1.08 bits per heavy atom. The third kappa shape index (κ3) is 2.57. The maximum absolute atomic E-state index is 13.3. The van der Waals surface area contributed by atoms with Gasteiger partial charge in [-0.05, 0) is 78.1 Å². The second-order valence-corrected chi connectivity index (χ2v) is 8.48. The Hall–Kier alpha value is -1.06. The van der Waals surface area contributed by atoms with E-state index in [1.165, 1.54) is 6.42 Å². The highest BCUT2D eigenvalue weighted by molar-refractivity contribution is 5.88. The van der Waals surface area contributed by atoms with E-state index >= 15 is 0 Å². The molecule has 4 rings (SSSR count). The SMILES string of the molecule is CCN(CC)C(=O)C12CC3CC(C1)CC(C(=O)N(CC)CC)(C3)C2. The average Bonchev–Trinajstić information content (AvgIpc) is 2.55. The van der Waals surface area contributed by atoms with E-state index in [9.17, 15) is 9.59 Å². The maximum Gasteiger partial charge on any atom is 0.228 e. The fraction of sp³-hybridized carbons (Fsp3) is 0.900. The molecule has 4 fully saturated rings. The Bertz CT molecular complexity index is 452. The summed E-state index contributed by atoms with van der Waals surface area (Å²) >= 11 is 0. The molecule has 0 aliphatic heterocycles. The van der Waals surface area contributed by atoms with Crippen LogP contribution in [0.4, 0.5) is 0 Å². The Morgan fingerprint density at radius 1 is 0.750 bits per heavy atom. The van der Waals surface area contributed by atoms with Crippen molar-refractivity contribution in [1.82, 2.24) is 9.80 Å². The van der Waals surface area contributed by atoms with Crippen LogP contribution in [0.15, 0.2) is 0 Å². The van der Waals surface area contributed by atoms with Crippen molar-refractivity contribution in [3.05, 3.63) is 0 Å². The first-order chi connectivity index (χ1) is 11.4. The van der Waals surface area contributed by atoms with Crippen LogP contribution >= 0.6 is 0 Å². The topological polar surface area (TPSA) is 40.6 Å². The first-order valence-electron chi connectivity index (χ1n) is 10.0. The summed E-state index contributed by atoms with van der Waals surface area (Å²) in [6, 6.07) is 0. The molecular weight excluding hydrogens is 300 g/mol. The standard InChI is InChI=1S/C20H34N2O2/c1-5-21(6-2)17(23)19-10-15-9-16(11-19)13-20(12-15,14-19)18(24)22(7-3)8-4/h15-16H,5-14H2,1-4H3. The van der Waals surface area contributed by atoms with Crippen molar-refractivity contribution in [2.24, 2.45) is 22.7 Å². The third-order valence-corrected chi connectivity index (χ3v) is 7.07. The van der Waals surface area contributed by atoms with E-state index in [2.05, 4.69) is 27.7 Å². The zero-order valence-corrected chi connectivity index (χ0v) is 15.9. The lowest BCUT2D eigenvalue weighted by Crippen LogP contribution is -2.62.